The van der Waals surface area contributed by atoms with Crippen LogP contribution in [0.2, 0.25) is 0 Å². The Morgan fingerprint density at radius 3 is 2.76 bits per heavy atom. The molecular formula is C16H24N4O. The van der Waals surface area contributed by atoms with Crippen molar-refractivity contribution < 1.29 is 4.74 Å². The fourth-order valence-corrected chi connectivity index (χ4v) is 2.42. The first-order valence-corrected chi connectivity index (χ1v) is 7.25. The molecule has 0 aliphatic heterocycles. The zero-order valence-corrected chi connectivity index (χ0v) is 12.8. The lowest BCUT2D eigenvalue weighted by Gasteiger charge is -2.25. The van der Waals surface area contributed by atoms with E-state index in [1.165, 1.54) is 0 Å². The molecule has 1 heterocycles. The Labute approximate surface area is 126 Å². The Morgan fingerprint density at radius 1 is 1.33 bits per heavy atom. The van der Waals surface area contributed by atoms with Crippen molar-refractivity contribution in [3.63, 3.8) is 0 Å². The van der Waals surface area contributed by atoms with Gasteiger partial charge in [-0.05, 0) is 25.6 Å². The fourth-order valence-electron chi connectivity index (χ4n) is 2.42. The number of benzene rings is 1. The summed E-state index contributed by atoms with van der Waals surface area (Å²) in [5.41, 5.74) is 8.14. The molecular weight excluding hydrogens is 264 g/mol. The number of methoxy groups -OCH3 is 1. The molecule has 0 saturated heterocycles. The molecule has 5 heteroatoms. The number of nitrogens with two attached hydrogens (primary N) is 1. The largest absolute Gasteiger partial charge is 0.385 e. The number of aromatic nitrogens is 2. The number of likely N-dealkylation sites (N-methyl/N-ethyl adjacent to an activating group) is 1. The standard InChI is InChI=1S/C16H24N4O/c1-19(9-6-10-21-2)16(11-17)14-12-18-20(13-14)15-7-4-3-5-8-15/h3-5,7-8,12-13,16H,6,9-11,17H2,1-2H3. The normalized spacial score (nSPS) is 12.8. The van der Waals surface area contributed by atoms with Crippen molar-refractivity contribution in [2.75, 3.05) is 33.9 Å². The minimum atomic E-state index is 0.180. The third-order valence-electron chi connectivity index (χ3n) is 3.62. The quantitative estimate of drug-likeness (QED) is 0.753. The molecule has 5 nitrogen and oxygen atoms in total. The molecule has 0 aliphatic rings. The second kappa shape index (κ2) is 7.93. The Bertz CT molecular complexity index is 526. The van der Waals surface area contributed by atoms with Crippen LogP contribution in [0, 0.1) is 0 Å². The van der Waals surface area contributed by atoms with Gasteiger partial charge in [-0.3, -0.25) is 4.90 Å². The number of ether oxygens (including phenoxy) is 1. The summed E-state index contributed by atoms with van der Waals surface area (Å²) in [6.45, 7) is 2.29. The van der Waals surface area contributed by atoms with E-state index in [1.807, 2.05) is 41.2 Å². The second-order valence-corrected chi connectivity index (χ2v) is 5.13. The van der Waals surface area contributed by atoms with Gasteiger partial charge in [0.1, 0.15) is 0 Å². The summed E-state index contributed by atoms with van der Waals surface area (Å²) in [5.74, 6) is 0. The van der Waals surface area contributed by atoms with Crippen LogP contribution in [0.25, 0.3) is 5.69 Å². The maximum absolute atomic E-state index is 5.95. The number of hydrogen-bond acceptors (Lipinski definition) is 4. The average molecular weight is 288 g/mol. The van der Waals surface area contributed by atoms with E-state index in [1.54, 1.807) is 7.11 Å². The molecule has 0 amide bonds. The van der Waals surface area contributed by atoms with Gasteiger partial charge in [0.25, 0.3) is 0 Å². The van der Waals surface area contributed by atoms with Crippen molar-refractivity contribution in [2.45, 2.75) is 12.5 Å². The van der Waals surface area contributed by atoms with E-state index in [2.05, 4.69) is 23.2 Å². The second-order valence-electron chi connectivity index (χ2n) is 5.13. The molecule has 0 aliphatic carbocycles. The van der Waals surface area contributed by atoms with Gasteiger partial charge in [0, 0.05) is 44.6 Å². The first-order chi connectivity index (χ1) is 10.3. The third-order valence-corrected chi connectivity index (χ3v) is 3.62. The summed E-state index contributed by atoms with van der Waals surface area (Å²) in [6.07, 6.45) is 4.95. The SMILES string of the molecule is COCCCN(C)C(CN)c1cnn(-c2ccccc2)c1. The molecule has 114 valence electrons. The minimum absolute atomic E-state index is 0.180. The molecule has 0 saturated carbocycles. The zero-order chi connectivity index (χ0) is 15.1. The van der Waals surface area contributed by atoms with Gasteiger partial charge < -0.3 is 10.5 Å². The number of nitrogens with zero attached hydrogens (tertiary/aromatic N) is 3. The first-order valence-electron chi connectivity index (χ1n) is 7.25. The zero-order valence-electron chi connectivity index (χ0n) is 12.8. The number of para-hydroxylation sites is 1. The minimum Gasteiger partial charge on any atom is -0.385 e. The summed E-state index contributed by atoms with van der Waals surface area (Å²) in [4.78, 5) is 2.26. The molecule has 1 aromatic heterocycles. The highest BCUT2D eigenvalue weighted by molar-refractivity contribution is 5.31. The fraction of sp³-hybridized carbons (Fsp3) is 0.438. The van der Waals surface area contributed by atoms with Crippen molar-refractivity contribution >= 4 is 0 Å². The van der Waals surface area contributed by atoms with Crippen LogP contribution >= 0.6 is 0 Å². The van der Waals surface area contributed by atoms with Gasteiger partial charge in [0.05, 0.1) is 11.9 Å². The lowest BCUT2D eigenvalue weighted by molar-refractivity contribution is 0.166. The molecule has 21 heavy (non-hydrogen) atoms. The van der Waals surface area contributed by atoms with E-state index in [-0.39, 0.29) is 6.04 Å². The van der Waals surface area contributed by atoms with E-state index in [4.69, 9.17) is 10.5 Å². The smallest absolute Gasteiger partial charge is 0.0645 e. The van der Waals surface area contributed by atoms with E-state index in [0.717, 1.165) is 30.8 Å². The summed E-state index contributed by atoms with van der Waals surface area (Å²) < 4.78 is 6.99. The van der Waals surface area contributed by atoms with Crippen molar-refractivity contribution in [3.8, 4) is 5.69 Å². The predicted octanol–water partition coefficient (Wildman–Crippen LogP) is 1.84. The van der Waals surface area contributed by atoms with Crippen molar-refractivity contribution in [2.24, 2.45) is 5.73 Å². The number of rotatable bonds is 8. The molecule has 1 unspecified atom stereocenters. The molecule has 2 rings (SSSR count). The van der Waals surface area contributed by atoms with Crippen LogP contribution in [0.5, 0.6) is 0 Å². The molecule has 0 fully saturated rings. The first kappa shape index (κ1) is 15.7. The van der Waals surface area contributed by atoms with Crippen LogP contribution < -0.4 is 5.73 Å². The molecule has 1 aromatic carbocycles. The summed E-state index contributed by atoms with van der Waals surface area (Å²) in [7, 11) is 3.82. The summed E-state index contributed by atoms with van der Waals surface area (Å²) >= 11 is 0. The van der Waals surface area contributed by atoms with Gasteiger partial charge in [-0.1, -0.05) is 18.2 Å². The van der Waals surface area contributed by atoms with Gasteiger partial charge in [0.2, 0.25) is 0 Å². The van der Waals surface area contributed by atoms with Gasteiger partial charge in [-0.25, -0.2) is 4.68 Å². The van der Waals surface area contributed by atoms with E-state index in [0.29, 0.717) is 6.54 Å². The molecule has 1 atom stereocenters. The van der Waals surface area contributed by atoms with Crippen LogP contribution in [0.15, 0.2) is 42.7 Å². The molecule has 2 aromatic rings. The Balaban J connectivity index is 2.07. The van der Waals surface area contributed by atoms with Crippen molar-refractivity contribution in [1.29, 1.82) is 0 Å². The average Bonchev–Trinajstić information content (AvgIpc) is 2.99. The lowest BCUT2D eigenvalue weighted by atomic mass is 10.1. The molecule has 0 radical (unpaired) electrons. The third kappa shape index (κ3) is 4.14. The van der Waals surface area contributed by atoms with Crippen LogP contribution in [-0.4, -0.2) is 48.5 Å². The van der Waals surface area contributed by atoms with Gasteiger partial charge >= 0.3 is 0 Å². The van der Waals surface area contributed by atoms with Crippen LogP contribution in [0.4, 0.5) is 0 Å². The molecule has 2 N–H and O–H groups in total. The van der Waals surface area contributed by atoms with Crippen molar-refractivity contribution in [1.82, 2.24) is 14.7 Å². The summed E-state index contributed by atoms with van der Waals surface area (Å²) in [5, 5.41) is 4.44. The maximum Gasteiger partial charge on any atom is 0.0645 e. The topological polar surface area (TPSA) is 56.3 Å². The summed E-state index contributed by atoms with van der Waals surface area (Å²) in [6, 6.07) is 10.3. The lowest BCUT2D eigenvalue weighted by Crippen LogP contribution is -2.31. The Hall–Kier alpha value is -1.69. The van der Waals surface area contributed by atoms with Gasteiger partial charge in [0.15, 0.2) is 0 Å². The van der Waals surface area contributed by atoms with E-state index in [9.17, 15) is 0 Å². The van der Waals surface area contributed by atoms with Crippen LogP contribution in [0.1, 0.15) is 18.0 Å². The van der Waals surface area contributed by atoms with E-state index >= 15 is 0 Å². The molecule has 0 spiro atoms. The van der Waals surface area contributed by atoms with Crippen LogP contribution in [0.3, 0.4) is 0 Å². The highest BCUT2D eigenvalue weighted by Crippen LogP contribution is 2.19. The highest BCUT2D eigenvalue weighted by atomic mass is 16.5. The number of hydrogen-bond donors (Lipinski definition) is 1. The van der Waals surface area contributed by atoms with Crippen LogP contribution in [-0.2, 0) is 4.74 Å². The monoisotopic (exact) mass is 288 g/mol. The van der Waals surface area contributed by atoms with E-state index < -0.39 is 0 Å². The van der Waals surface area contributed by atoms with Crippen molar-refractivity contribution in [3.05, 3.63) is 48.3 Å². The van der Waals surface area contributed by atoms with Gasteiger partial charge in [-0.2, -0.15) is 5.10 Å². The Kier molecular flexibility index (Phi) is 5.92. The molecule has 0 bridgehead atoms. The van der Waals surface area contributed by atoms with Gasteiger partial charge in [-0.15, -0.1) is 0 Å². The predicted molar refractivity (Wildman–Crippen MR) is 84.5 cm³/mol. The Morgan fingerprint density at radius 2 is 2.10 bits per heavy atom. The maximum atomic E-state index is 5.95. The highest BCUT2D eigenvalue weighted by Gasteiger charge is 2.17.